The Balaban J connectivity index is 1.40. The lowest BCUT2D eigenvalue weighted by atomic mass is 9.70. The number of anilines is 1. The number of hydrogen-bond acceptors (Lipinski definition) is 7. The Kier molecular flexibility index (Phi) is 7.03. The van der Waals surface area contributed by atoms with Gasteiger partial charge in [-0.05, 0) is 42.0 Å². The van der Waals surface area contributed by atoms with Gasteiger partial charge in [-0.1, -0.05) is 37.6 Å². The van der Waals surface area contributed by atoms with E-state index in [1.165, 1.54) is 12.3 Å². The van der Waals surface area contributed by atoms with Crippen LogP contribution in [-0.4, -0.2) is 57.3 Å². The predicted octanol–water partition coefficient (Wildman–Crippen LogP) is 3.76. The quantitative estimate of drug-likeness (QED) is 0.543. The van der Waals surface area contributed by atoms with Gasteiger partial charge in [-0.15, -0.1) is 10.2 Å². The third-order valence-corrected chi connectivity index (χ3v) is 8.22. The summed E-state index contributed by atoms with van der Waals surface area (Å²) in [7, 11) is 0. The van der Waals surface area contributed by atoms with Crippen molar-refractivity contribution in [1.82, 2.24) is 20.1 Å². The molecule has 1 unspecified atom stereocenters. The zero-order valence-electron chi connectivity index (χ0n) is 21.1. The van der Waals surface area contributed by atoms with Crippen molar-refractivity contribution in [3.8, 4) is 6.07 Å². The maximum absolute atomic E-state index is 14.0. The maximum atomic E-state index is 14.0. The molecule has 4 heterocycles. The van der Waals surface area contributed by atoms with Crippen LogP contribution in [0.3, 0.4) is 0 Å². The summed E-state index contributed by atoms with van der Waals surface area (Å²) < 4.78 is 13.6. The first-order valence-electron chi connectivity index (χ1n) is 12.6. The molecule has 0 saturated carbocycles. The van der Waals surface area contributed by atoms with Crippen molar-refractivity contribution in [2.24, 2.45) is 17.8 Å². The molecule has 3 aromatic rings. The molecule has 1 amide bonds. The third kappa shape index (κ3) is 4.70. The van der Waals surface area contributed by atoms with E-state index in [4.69, 9.17) is 16.9 Å². The van der Waals surface area contributed by atoms with Gasteiger partial charge in [0.15, 0.2) is 11.5 Å². The minimum atomic E-state index is -1.10. The predicted molar refractivity (Wildman–Crippen MR) is 140 cm³/mol. The van der Waals surface area contributed by atoms with E-state index >= 15 is 0 Å². The number of aromatic nitrogens is 3. The summed E-state index contributed by atoms with van der Waals surface area (Å²) in [6.45, 7) is 5.51. The normalized spacial score (nSPS) is 27.3. The van der Waals surface area contributed by atoms with E-state index in [1.807, 2.05) is 41.8 Å². The molecule has 8 nitrogen and oxygen atoms in total. The summed E-state index contributed by atoms with van der Waals surface area (Å²) >= 11 is 6.06. The first kappa shape index (κ1) is 26.0. The Morgan fingerprint density at radius 2 is 1.76 bits per heavy atom. The van der Waals surface area contributed by atoms with Crippen LogP contribution in [0.5, 0.6) is 0 Å². The number of hydrogen-bond donors (Lipinski definition) is 1. The average molecular weight is 535 g/mol. The third-order valence-electron chi connectivity index (χ3n) is 7.97. The van der Waals surface area contributed by atoms with Gasteiger partial charge in [0.25, 0.3) is 0 Å². The Morgan fingerprint density at radius 1 is 1.05 bits per heavy atom. The van der Waals surface area contributed by atoms with Crippen molar-refractivity contribution in [2.45, 2.75) is 25.4 Å². The zero-order chi connectivity index (χ0) is 27.0. The van der Waals surface area contributed by atoms with Gasteiger partial charge in [-0.2, -0.15) is 5.26 Å². The lowest BCUT2D eigenvalue weighted by molar-refractivity contribution is -0.152. The van der Waals surface area contributed by atoms with Crippen molar-refractivity contribution in [3.63, 3.8) is 0 Å². The first-order valence-corrected chi connectivity index (χ1v) is 13.0. The topological polar surface area (TPSA) is 106 Å². The molecule has 2 aliphatic heterocycles. The number of pyridine rings is 1. The minimum Gasteiger partial charge on any atom is -0.384 e. The lowest BCUT2D eigenvalue weighted by Crippen LogP contribution is -2.57. The van der Waals surface area contributed by atoms with Crippen LogP contribution in [0.2, 0.25) is 5.02 Å². The van der Waals surface area contributed by atoms with E-state index in [2.05, 4.69) is 15.2 Å². The van der Waals surface area contributed by atoms with Gasteiger partial charge in [0.05, 0.1) is 17.7 Å². The highest BCUT2D eigenvalue weighted by atomic mass is 35.5. The van der Waals surface area contributed by atoms with Gasteiger partial charge < -0.3 is 14.9 Å². The number of piperidine rings is 1. The number of nitriles is 1. The highest BCUT2D eigenvalue weighted by molar-refractivity contribution is 6.30. The van der Waals surface area contributed by atoms with Gasteiger partial charge in [-0.25, -0.2) is 4.39 Å². The van der Waals surface area contributed by atoms with Crippen molar-refractivity contribution in [2.75, 3.05) is 31.1 Å². The van der Waals surface area contributed by atoms with Crippen LogP contribution in [0, 0.1) is 34.9 Å². The molecule has 0 aliphatic carbocycles. The molecule has 2 aromatic heterocycles. The van der Waals surface area contributed by atoms with Gasteiger partial charge >= 0.3 is 0 Å². The molecule has 0 spiro atoms. The molecule has 10 heteroatoms. The molecule has 2 aliphatic rings. The van der Waals surface area contributed by atoms with Gasteiger partial charge in [0, 0.05) is 54.6 Å². The van der Waals surface area contributed by atoms with Crippen molar-refractivity contribution < 1.29 is 14.3 Å². The fourth-order valence-electron chi connectivity index (χ4n) is 5.90. The number of halogens is 2. The second-order valence-corrected chi connectivity index (χ2v) is 10.7. The molecule has 0 bridgehead atoms. The Labute approximate surface area is 225 Å². The Bertz CT molecular complexity index is 1330. The number of nitrogens with zero attached hydrogens (tertiary/aromatic N) is 6. The average Bonchev–Trinajstić information content (AvgIpc) is 3.37. The Hall–Kier alpha value is -3.61. The molecule has 2 fully saturated rings. The van der Waals surface area contributed by atoms with Crippen molar-refractivity contribution >= 4 is 23.3 Å². The molecular weight excluding hydrogens is 507 g/mol. The summed E-state index contributed by atoms with van der Waals surface area (Å²) in [5.74, 6) is -1.10. The number of rotatable bonds is 4. The molecule has 1 aromatic carbocycles. The molecule has 0 radical (unpaired) electrons. The van der Waals surface area contributed by atoms with Crippen LogP contribution in [-0.2, 0) is 10.4 Å². The number of amides is 1. The second kappa shape index (κ2) is 10.3. The highest BCUT2D eigenvalue weighted by Gasteiger charge is 2.49. The Morgan fingerprint density at radius 3 is 2.34 bits per heavy atom. The van der Waals surface area contributed by atoms with Gasteiger partial charge in [0.1, 0.15) is 11.9 Å². The zero-order valence-corrected chi connectivity index (χ0v) is 21.9. The highest BCUT2D eigenvalue weighted by Crippen LogP contribution is 2.43. The molecular formula is C28H28ClFN6O2. The van der Waals surface area contributed by atoms with E-state index in [1.54, 1.807) is 30.3 Å². The van der Waals surface area contributed by atoms with Crippen molar-refractivity contribution in [1.29, 1.82) is 5.26 Å². The van der Waals surface area contributed by atoms with Crippen LogP contribution in [0.15, 0.2) is 54.7 Å². The van der Waals surface area contributed by atoms with E-state index in [0.29, 0.717) is 42.7 Å². The molecule has 5 atom stereocenters. The molecule has 196 valence electrons. The van der Waals surface area contributed by atoms with Crippen LogP contribution in [0.4, 0.5) is 10.2 Å². The summed E-state index contributed by atoms with van der Waals surface area (Å²) in [5.41, 5.74) is 0.527. The molecule has 5 rings (SSSR count). The first-order chi connectivity index (χ1) is 18.2. The molecule has 1 N–H and O–H groups in total. The van der Waals surface area contributed by atoms with E-state index in [-0.39, 0.29) is 29.4 Å². The molecule has 2 saturated heterocycles. The van der Waals surface area contributed by atoms with Crippen LogP contribution >= 0.6 is 11.6 Å². The minimum absolute atomic E-state index is 0.0397. The van der Waals surface area contributed by atoms with Crippen LogP contribution < -0.4 is 4.90 Å². The van der Waals surface area contributed by atoms with Crippen LogP contribution in [0.1, 0.15) is 36.7 Å². The van der Waals surface area contributed by atoms with Gasteiger partial charge in [0.2, 0.25) is 5.91 Å². The van der Waals surface area contributed by atoms with Crippen LogP contribution in [0.25, 0.3) is 0 Å². The number of carbonyl (C=O) groups excluding carboxylic acids is 1. The van der Waals surface area contributed by atoms with E-state index < -0.39 is 17.3 Å². The van der Waals surface area contributed by atoms with E-state index in [9.17, 15) is 14.3 Å². The SMILES string of the molecule is C[C@@H]1CN(C(=O)[C@@H]2CN(c3ccc(C#N)nn3)C[C@H]2c2ccc(F)cn2)C[C@H](C)C1(O)c1ccc(Cl)cc1. The summed E-state index contributed by atoms with van der Waals surface area (Å²) in [6, 6.07) is 15.5. The monoisotopic (exact) mass is 534 g/mol. The number of likely N-dealkylation sites (tertiary alicyclic amines) is 1. The number of carbonyl (C=O) groups is 1. The van der Waals surface area contributed by atoms with Gasteiger partial charge in [-0.3, -0.25) is 9.78 Å². The standard InChI is InChI=1S/C28H28ClFN6O2/c1-17-13-36(14-18(2)28(17,38)19-3-5-20(29)6-4-19)27(37)24-16-35(26-10-8-22(11-31)33-34-26)15-23(24)25-9-7-21(30)12-32-25/h3-10,12,17-18,23-24,38H,13-16H2,1-2H3/t17-,18+,23-,24-,28?/m1/s1. The maximum Gasteiger partial charge on any atom is 0.228 e. The fraction of sp³-hybridized carbons (Fsp3) is 0.393. The summed E-state index contributed by atoms with van der Waals surface area (Å²) in [6.07, 6.45) is 1.17. The largest absolute Gasteiger partial charge is 0.384 e. The number of aliphatic hydroxyl groups is 1. The fourth-order valence-corrected chi connectivity index (χ4v) is 6.03. The summed E-state index contributed by atoms with van der Waals surface area (Å²) in [5, 5.41) is 29.5. The summed E-state index contributed by atoms with van der Waals surface area (Å²) in [4.78, 5) is 22.1. The smallest absolute Gasteiger partial charge is 0.228 e. The molecule has 38 heavy (non-hydrogen) atoms. The number of benzene rings is 1. The second-order valence-electron chi connectivity index (χ2n) is 10.3. The van der Waals surface area contributed by atoms with Crippen molar-refractivity contribution in [3.05, 3.63) is 82.5 Å². The lowest BCUT2D eigenvalue weighted by Gasteiger charge is -2.48. The van der Waals surface area contributed by atoms with E-state index in [0.717, 1.165) is 5.56 Å².